The van der Waals surface area contributed by atoms with E-state index in [2.05, 4.69) is 63.0 Å². The van der Waals surface area contributed by atoms with Gasteiger partial charge in [-0.25, -0.2) is 0 Å². The first-order chi connectivity index (χ1) is 10.0. The van der Waals surface area contributed by atoms with E-state index < -0.39 is 0 Å². The minimum absolute atomic E-state index is 0.668. The van der Waals surface area contributed by atoms with Gasteiger partial charge in [0, 0.05) is 24.3 Å². The van der Waals surface area contributed by atoms with E-state index in [0.717, 1.165) is 13.1 Å². The van der Waals surface area contributed by atoms with Crippen molar-refractivity contribution in [1.82, 2.24) is 5.32 Å². The Bertz CT molecular complexity index is 453. The first-order valence-corrected chi connectivity index (χ1v) is 8.61. The topological polar surface area (TPSA) is 15.3 Å². The molecule has 0 saturated carbocycles. The Hall–Kier alpha value is -1.02. The molecule has 1 aliphatic heterocycles. The molecule has 1 aromatic carbocycles. The molecule has 1 fully saturated rings. The van der Waals surface area contributed by atoms with E-state index >= 15 is 0 Å². The summed E-state index contributed by atoms with van der Waals surface area (Å²) in [6, 6.07) is 8.35. The number of aryl methyl sites for hydroxylation is 1. The second kappa shape index (κ2) is 7.31. The second-order valence-electron chi connectivity index (χ2n) is 7.05. The third-order valence-electron chi connectivity index (χ3n) is 4.64. The zero-order valence-corrected chi connectivity index (χ0v) is 14.4. The lowest BCUT2D eigenvalue weighted by atomic mass is 10.1. The average molecular weight is 288 g/mol. The fraction of sp³-hybridized carbons (Fsp3) is 0.684. The molecule has 1 aliphatic rings. The number of rotatable bonds is 6. The van der Waals surface area contributed by atoms with Crippen LogP contribution in [0, 0.1) is 12.8 Å². The zero-order chi connectivity index (χ0) is 15.4. The molecule has 2 rings (SSSR count). The standard InChI is InChI=1S/C19H32N2/c1-6-18-9-8-16(5)21(18)19-10-7-15(4)11-17(19)13-20-12-14(2)3/h7,10-11,14,16,18,20H,6,8-9,12-13H2,1-5H3. The van der Waals surface area contributed by atoms with Crippen molar-refractivity contribution in [2.45, 2.75) is 72.5 Å². The highest BCUT2D eigenvalue weighted by atomic mass is 15.2. The van der Waals surface area contributed by atoms with E-state index in [1.165, 1.54) is 36.1 Å². The third-order valence-corrected chi connectivity index (χ3v) is 4.64. The van der Waals surface area contributed by atoms with Crippen molar-refractivity contribution in [2.24, 2.45) is 5.92 Å². The van der Waals surface area contributed by atoms with Gasteiger partial charge in [0.15, 0.2) is 0 Å². The van der Waals surface area contributed by atoms with Gasteiger partial charge in [0.25, 0.3) is 0 Å². The molecule has 0 amide bonds. The van der Waals surface area contributed by atoms with Gasteiger partial charge in [-0.3, -0.25) is 0 Å². The van der Waals surface area contributed by atoms with Gasteiger partial charge in [-0.05, 0) is 57.2 Å². The maximum atomic E-state index is 3.61. The summed E-state index contributed by atoms with van der Waals surface area (Å²) in [5.41, 5.74) is 4.27. The lowest BCUT2D eigenvalue weighted by molar-refractivity contribution is 0.550. The van der Waals surface area contributed by atoms with E-state index in [0.29, 0.717) is 18.0 Å². The third kappa shape index (κ3) is 4.00. The molecule has 0 aromatic heterocycles. The Balaban J connectivity index is 2.21. The van der Waals surface area contributed by atoms with Crippen molar-refractivity contribution < 1.29 is 0 Å². The average Bonchev–Trinajstić information content (AvgIpc) is 2.80. The normalized spacial score (nSPS) is 22.3. The lowest BCUT2D eigenvalue weighted by Gasteiger charge is -2.32. The molecule has 0 spiro atoms. The van der Waals surface area contributed by atoms with Gasteiger partial charge in [-0.1, -0.05) is 38.5 Å². The highest BCUT2D eigenvalue weighted by Crippen LogP contribution is 2.34. The van der Waals surface area contributed by atoms with Crippen LogP contribution in [0.25, 0.3) is 0 Å². The quantitative estimate of drug-likeness (QED) is 0.828. The van der Waals surface area contributed by atoms with Gasteiger partial charge >= 0.3 is 0 Å². The second-order valence-corrected chi connectivity index (χ2v) is 7.05. The molecule has 1 heterocycles. The Morgan fingerprint density at radius 3 is 2.71 bits per heavy atom. The predicted molar refractivity (Wildman–Crippen MR) is 93.0 cm³/mol. The molecule has 0 radical (unpaired) electrons. The van der Waals surface area contributed by atoms with Crippen LogP contribution < -0.4 is 10.2 Å². The summed E-state index contributed by atoms with van der Waals surface area (Å²) in [5.74, 6) is 0.701. The van der Waals surface area contributed by atoms with E-state index in [4.69, 9.17) is 0 Å². The fourth-order valence-corrected chi connectivity index (χ4v) is 3.51. The van der Waals surface area contributed by atoms with Crippen molar-refractivity contribution in [3.8, 4) is 0 Å². The van der Waals surface area contributed by atoms with Gasteiger partial charge in [0.05, 0.1) is 0 Å². The molecule has 1 saturated heterocycles. The molecule has 2 unspecified atom stereocenters. The van der Waals surface area contributed by atoms with Crippen molar-refractivity contribution >= 4 is 5.69 Å². The summed E-state index contributed by atoms with van der Waals surface area (Å²) in [6.45, 7) is 13.5. The van der Waals surface area contributed by atoms with Gasteiger partial charge < -0.3 is 10.2 Å². The van der Waals surface area contributed by atoms with Crippen LogP contribution in [0.5, 0.6) is 0 Å². The minimum atomic E-state index is 0.668. The highest BCUT2D eigenvalue weighted by molar-refractivity contribution is 5.57. The monoisotopic (exact) mass is 288 g/mol. The molecule has 2 heteroatoms. The lowest BCUT2D eigenvalue weighted by Crippen LogP contribution is -2.35. The number of hydrogen-bond donors (Lipinski definition) is 1. The van der Waals surface area contributed by atoms with Gasteiger partial charge in [-0.15, -0.1) is 0 Å². The highest BCUT2D eigenvalue weighted by Gasteiger charge is 2.30. The summed E-state index contributed by atoms with van der Waals surface area (Å²) < 4.78 is 0. The van der Waals surface area contributed by atoms with Crippen molar-refractivity contribution in [3.63, 3.8) is 0 Å². The first kappa shape index (κ1) is 16.4. The molecular weight excluding hydrogens is 256 g/mol. The van der Waals surface area contributed by atoms with E-state index in [1.807, 2.05) is 0 Å². The van der Waals surface area contributed by atoms with Crippen LogP contribution >= 0.6 is 0 Å². The van der Waals surface area contributed by atoms with Gasteiger partial charge in [0.2, 0.25) is 0 Å². The summed E-state index contributed by atoms with van der Waals surface area (Å²) in [4.78, 5) is 2.67. The minimum Gasteiger partial charge on any atom is -0.366 e. The maximum absolute atomic E-state index is 3.61. The molecule has 2 atom stereocenters. The van der Waals surface area contributed by atoms with Gasteiger partial charge in [0.1, 0.15) is 0 Å². The number of anilines is 1. The zero-order valence-electron chi connectivity index (χ0n) is 14.4. The Labute approximate surface area is 130 Å². The number of benzene rings is 1. The summed E-state index contributed by atoms with van der Waals surface area (Å²) >= 11 is 0. The fourth-order valence-electron chi connectivity index (χ4n) is 3.51. The largest absolute Gasteiger partial charge is 0.366 e. The van der Waals surface area contributed by atoms with E-state index in [9.17, 15) is 0 Å². The summed E-state index contributed by atoms with van der Waals surface area (Å²) in [6.07, 6.45) is 3.91. The van der Waals surface area contributed by atoms with Crippen LogP contribution in [0.3, 0.4) is 0 Å². The summed E-state index contributed by atoms with van der Waals surface area (Å²) in [5, 5.41) is 3.61. The molecular formula is C19H32N2. The summed E-state index contributed by atoms with van der Waals surface area (Å²) in [7, 11) is 0. The van der Waals surface area contributed by atoms with Crippen molar-refractivity contribution in [1.29, 1.82) is 0 Å². The molecule has 2 nitrogen and oxygen atoms in total. The molecule has 118 valence electrons. The van der Waals surface area contributed by atoms with Crippen molar-refractivity contribution in [3.05, 3.63) is 29.3 Å². The van der Waals surface area contributed by atoms with Crippen LogP contribution in [0.15, 0.2) is 18.2 Å². The molecule has 1 aromatic rings. The smallest absolute Gasteiger partial charge is 0.0416 e. The predicted octanol–water partition coefficient (Wildman–Crippen LogP) is 4.51. The Kier molecular flexibility index (Phi) is 5.69. The van der Waals surface area contributed by atoms with Crippen LogP contribution in [-0.2, 0) is 6.54 Å². The molecule has 0 aliphatic carbocycles. The Morgan fingerprint density at radius 2 is 2.05 bits per heavy atom. The van der Waals surface area contributed by atoms with Crippen molar-refractivity contribution in [2.75, 3.05) is 11.4 Å². The molecule has 0 bridgehead atoms. The first-order valence-electron chi connectivity index (χ1n) is 8.61. The molecule has 21 heavy (non-hydrogen) atoms. The number of hydrogen-bond acceptors (Lipinski definition) is 2. The number of nitrogens with one attached hydrogen (secondary N) is 1. The van der Waals surface area contributed by atoms with Gasteiger partial charge in [-0.2, -0.15) is 0 Å². The van der Waals surface area contributed by atoms with Crippen LogP contribution in [0.1, 0.15) is 58.1 Å². The SMILES string of the molecule is CCC1CCC(C)N1c1ccc(C)cc1CNCC(C)C. The number of nitrogens with zero attached hydrogens (tertiary/aromatic N) is 1. The van der Waals surface area contributed by atoms with Crippen LogP contribution in [0.4, 0.5) is 5.69 Å². The molecule has 1 N–H and O–H groups in total. The van der Waals surface area contributed by atoms with E-state index in [1.54, 1.807) is 0 Å². The maximum Gasteiger partial charge on any atom is 0.0416 e. The van der Waals surface area contributed by atoms with Crippen LogP contribution in [0.2, 0.25) is 0 Å². The van der Waals surface area contributed by atoms with E-state index in [-0.39, 0.29) is 0 Å². The Morgan fingerprint density at radius 1 is 1.29 bits per heavy atom. The van der Waals surface area contributed by atoms with Crippen LogP contribution in [-0.4, -0.2) is 18.6 Å².